The van der Waals surface area contributed by atoms with Gasteiger partial charge in [0, 0.05) is 44.1 Å². The zero-order valence-electron chi connectivity index (χ0n) is 17.9. The van der Waals surface area contributed by atoms with Crippen LogP contribution in [0.1, 0.15) is 34.9 Å². The third kappa shape index (κ3) is 5.21. The number of carbonyl (C=O) groups is 2. The quantitative estimate of drug-likeness (QED) is 0.425. The molecule has 8 nitrogen and oxygen atoms in total. The molecular formula is C22H21Cl4N5O3. The van der Waals surface area contributed by atoms with Gasteiger partial charge in [-0.15, -0.1) is 0 Å². The minimum absolute atomic E-state index is 0.0278. The Bertz CT molecular complexity index is 1220. The van der Waals surface area contributed by atoms with E-state index in [0.717, 1.165) is 5.56 Å². The van der Waals surface area contributed by atoms with Crippen LogP contribution in [-0.4, -0.2) is 40.2 Å². The van der Waals surface area contributed by atoms with Crippen molar-refractivity contribution in [3.05, 3.63) is 62.1 Å². The molecule has 34 heavy (non-hydrogen) atoms. The Morgan fingerprint density at radius 1 is 1.21 bits per heavy atom. The van der Waals surface area contributed by atoms with E-state index in [1.165, 1.54) is 12.3 Å². The van der Waals surface area contributed by atoms with Crippen LogP contribution >= 0.6 is 46.4 Å². The van der Waals surface area contributed by atoms with Gasteiger partial charge in [0.25, 0.3) is 5.91 Å². The molecule has 0 radical (unpaired) electrons. The lowest BCUT2D eigenvalue weighted by atomic mass is 9.81. The van der Waals surface area contributed by atoms with Gasteiger partial charge in [-0.25, -0.2) is 0 Å². The van der Waals surface area contributed by atoms with Crippen LogP contribution in [0.4, 0.5) is 0 Å². The molecule has 2 aromatic heterocycles. The van der Waals surface area contributed by atoms with E-state index in [2.05, 4.69) is 15.7 Å². The average molecular weight is 545 g/mol. The molecule has 0 aliphatic carbocycles. The molecule has 1 fully saturated rings. The third-order valence-electron chi connectivity index (χ3n) is 5.85. The van der Waals surface area contributed by atoms with Gasteiger partial charge in [-0.2, -0.15) is 5.10 Å². The van der Waals surface area contributed by atoms with E-state index < -0.39 is 11.8 Å². The fourth-order valence-corrected chi connectivity index (χ4v) is 5.05. The molecule has 180 valence electrons. The van der Waals surface area contributed by atoms with Gasteiger partial charge in [0.05, 0.1) is 32.5 Å². The standard InChI is InChI=1S/C22H21Cl4N5O3/c1-31-20(16(25)8-29-31)13-7-18(34-21(13)26)22(33)30-17-9-28-11(6-19(27)32)5-12(17)10-2-3-14(23)15(24)4-10/h2-4,7-8,11-12,17,28H,5-6,9H2,1H3,(H2,27,32)(H,30,33)/t11-,12-,17+/m0/s1. The highest BCUT2D eigenvalue weighted by Crippen LogP contribution is 2.36. The van der Waals surface area contributed by atoms with Crippen molar-refractivity contribution in [3.8, 4) is 11.3 Å². The van der Waals surface area contributed by atoms with Gasteiger partial charge in [0.1, 0.15) is 0 Å². The average Bonchev–Trinajstić information content (AvgIpc) is 3.31. The third-order valence-corrected chi connectivity index (χ3v) is 7.14. The molecular weight excluding hydrogens is 524 g/mol. The highest BCUT2D eigenvalue weighted by atomic mass is 35.5. The highest BCUT2D eigenvalue weighted by Gasteiger charge is 2.34. The van der Waals surface area contributed by atoms with Crippen molar-refractivity contribution >= 4 is 58.2 Å². The van der Waals surface area contributed by atoms with E-state index in [1.54, 1.807) is 23.9 Å². The summed E-state index contributed by atoms with van der Waals surface area (Å²) in [7, 11) is 1.71. The summed E-state index contributed by atoms with van der Waals surface area (Å²) in [5.74, 6) is -0.971. The van der Waals surface area contributed by atoms with Crippen molar-refractivity contribution in [1.29, 1.82) is 0 Å². The molecule has 2 amide bonds. The van der Waals surface area contributed by atoms with E-state index >= 15 is 0 Å². The molecule has 0 unspecified atom stereocenters. The van der Waals surface area contributed by atoms with Crippen LogP contribution in [0.5, 0.6) is 0 Å². The number of aromatic nitrogens is 2. The SMILES string of the molecule is Cn1ncc(Cl)c1-c1cc(C(=O)N[C@@H]2CN[C@H](CC(N)=O)C[C@H]2c2ccc(Cl)c(Cl)c2)oc1Cl. The van der Waals surface area contributed by atoms with Gasteiger partial charge >= 0.3 is 0 Å². The first-order valence-corrected chi connectivity index (χ1v) is 11.9. The lowest BCUT2D eigenvalue weighted by Gasteiger charge is -2.37. The number of nitrogens with zero attached hydrogens (tertiary/aromatic N) is 2. The lowest BCUT2D eigenvalue weighted by Crippen LogP contribution is -2.54. The van der Waals surface area contributed by atoms with Crippen molar-refractivity contribution < 1.29 is 14.0 Å². The zero-order chi connectivity index (χ0) is 24.6. The van der Waals surface area contributed by atoms with Gasteiger partial charge < -0.3 is 20.8 Å². The van der Waals surface area contributed by atoms with Crippen molar-refractivity contribution in [2.75, 3.05) is 6.54 Å². The summed E-state index contributed by atoms with van der Waals surface area (Å²) in [6.45, 7) is 0.406. The van der Waals surface area contributed by atoms with Crippen LogP contribution in [0.2, 0.25) is 20.3 Å². The van der Waals surface area contributed by atoms with Gasteiger partial charge in [0.15, 0.2) is 5.76 Å². The summed E-state index contributed by atoms with van der Waals surface area (Å²) in [4.78, 5) is 24.6. The summed E-state index contributed by atoms with van der Waals surface area (Å²) in [6.07, 6.45) is 2.22. The number of hydrogen-bond acceptors (Lipinski definition) is 5. The van der Waals surface area contributed by atoms with Crippen LogP contribution in [-0.2, 0) is 11.8 Å². The second-order valence-electron chi connectivity index (χ2n) is 8.13. The van der Waals surface area contributed by atoms with Crippen LogP contribution in [0.3, 0.4) is 0 Å². The number of halogens is 4. The number of nitrogens with two attached hydrogens (primary N) is 1. The van der Waals surface area contributed by atoms with Crippen molar-refractivity contribution in [3.63, 3.8) is 0 Å². The molecule has 1 aromatic carbocycles. The normalized spacial score (nSPS) is 20.3. The number of hydrogen-bond donors (Lipinski definition) is 3. The minimum atomic E-state index is -0.448. The fraction of sp³-hybridized carbons (Fsp3) is 0.318. The Kier molecular flexibility index (Phi) is 7.45. The molecule has 1 saturated heterocycles. The molecule has 3 heterocycles. The zero-order valence-corrected chi connectivity index (χ0v) is 21.0. The monoisotopic (exact) mass is 543 g/mol. The first-order chi connectivity index (χ1) is 16.1. The summed E-state index contributed by atoms with van der Waals surface area (Å²) < 4.78 is 7.08. The fourth-order valence-electron chi connectivity index (χ4n) is 4.25. The maximum Gasteiger partial charge on any atom is 0.287 e. The van der Waals surface area contributed by atoms with Gasteiger partial charge in [0.2, 0.25) is 11.1 Å². The molecule has 4 rings (SSSR count). The number of amides is 2. The Morgan fingerprint density at radius 3 is 2.62 bits per heavy atom. The smallest absolute Gasteiger partial charge is 0.287 e. The van der Waals surface area contributed by atoms with Crippen molar-refractivity contribution in [1.82, 2.24) is 20.4 Å². The molecule has 4 N–H and O–H groups in total. The van der Waals surface area contributed by atoms with Crippen LogP contribution < -0.4 is 16.4 Å². The van der Waals surface area contributed by atoms with Crippen LogP contribution in [0.25, 0.3) is 11.3 Å². The number of primary amides is 1. The molecule has 3 atom stereocenters. The molecule has 1 aliphatic heterocycles. The molecule has 0 saturated carbocycles. The predicted molar refractivity (Wildman–Crippen MR) is 132 cm³/mol. The lowest BCUT2D eigenvalue weighted by molar-refractivity contribution is -0.118. The van der Waals surface area contributed by atoms with Crippen molar-refractivity contribution in [2.24, 2.45) is 12.8 Å². The summed E-state index contributed by atoms with van der Waals surface area (Å²) in [6, 6.07) is 6.40. The molecule has 3 aromatic rings. The number of rotatable bonds is 6. The Hall–Kier alpha value is -2.23. The van der Waals surface area contributed by atoms with Gasteiger partial charge in [-0.3, -0.25) is 14.3 Å². The van der Waals surface area contributed by atoms with Crippen LogP contribution in [0, 0.1) is 0 Å². The first-order valence-electron chi connectivity index (χ1n) is 10.4. The molecule has 0 bridgehead atoms. The summed E-state index contributed by atoms with van der Waals surface area (Å²) >= 11 is 24.8. The second kappa shape index (κ2) is 10.2. The molecule has 12 heteroatoms. The molecule has 0 spiro atoms. The Labute approximate surface area is 215 Å². The Balaban J connectivity index is 1.58. The number of piperidine rings is 1. The number of carbonyl (C=O) groups excluding carboxylic acids is 2. The van der Waals surface area contributed by atoms with Crippen LogP contribution in [0.15, 0.2) is 34.9 Å². The number of furan rings is 1. The van der Waals surface area contributed by atoms with E-state index in [0.29, 0.717) is 39.3 Å². The van der Waals surface area contributed by atoms with Gasteiger partial charge in [-0.05, 0) is 35.7 Å². The van der Waals surface area contributed by atoms with Gasteiger partial charge in [-0.1, -0.05) is 40.9 Å². The minimum Gasteiger partial charge on any atom is -0.439 e. The molecule has 1 aliphatic rings. The maximum absolute atomic E-state index is 13.1. The van der Waals surface area contributed by atoms with E-state index in [1.807, 2.05) is 6.07 Å². The second-order valence-corrected chi connectivity index (χ2v) is 9.70. The van der Waals surface area contributed by atoms with E-state index in [9.17, 15) is 9.59 Å². The predicted octanol–water partition coefficient (Wildman–Crippen LogP) is 4.41. The van der Waals surface area contributed by atoms with E-state index in [-0.39, 0.29) is 35.4 Å². The van der Waals surface area contributed by atoms with E-state index in [4.69, 9.17) is 56.6 Å². The van der Waals surface area contributed by atoms with Crippen molar-refractivity contribution in [2.45, 2.75) is 30.8 Å². The number of benzene rings is 1. The first kappa shape index (κ1) is 24.9. The highest BCUT2D eigenvalue weighted by molar-refractivity contribution is 6.42. The maximum atomic E-state index is 13.1. The largest absolute Gasteiger partial charge is 0.439 e. The topological polar surface area (TPSA) is 115 Å². The summed E-state index contributed by atoms with van der Waals surface area (Å²) in [5, 5.41) is 11.6. The Morgan fingerprint density at radius 2 is 1.97 bits per heavy atom. The number of nitrogens with one attached hydrogen (secondary N) is 2. The summed E-state index contributed by atoms with van der Waals surface area (Å²) in [5.41, 5.74) is 7.28. The number of aryl methyl sites for hydroxylation is 1.